The first-order valence-electron chi connectivity index (χ1n) is 10.7. The molecule has 0 atom stereocenters. The Morgan fingerprint density at radius 2 is 1.69 bits per heavy atom. The first-order chi connectivity index (χ1) is 14.3. The van der Waals surface area contributed by atoms with Crippen LogP contribution in [0.1, 0.15) is 38.1 Å². The lowest BCUT2D eigenvalue weighted by Crippen LogP contribution is -2.47. The molecule has 7 heteroatoms. The lowest BCUT2D eigenvalue weighted by Gasteiger charge is -2.37. The summed E-state index contributed by atoms with van der Waals surface area (Å²) >= 11 is 0. The van der Waals surface area contributed by atoms with E-state index in [0.29, 0.717) is 6.04 Å². The maximum atomic E-state index is 5.54. The van der Waals surface area contributed by atoms with Crippen LogP contribution in [-0.4, -0.2) is 53.0 Å². The molecule has 0 bridgehead atoms. The summed E-state index contributed by atoms with van der Waals surface area (Å²) in [4.78, 5) is 14.0. The van der Waals surface area contributed by atoms with E-state index >= 15 is 0 Å². The number of benzene rings is 1. The molecule has 3 aromatic rings. The van der Waals surface area contributed by atoms with Crippen molar-refractivity contribution >= 4 is 22.5 Å². The van der Waals surface area contributed by atoms with Gasteiger partial charge in [0.1, 0.15) is 17.9 Å². The maximum absolute atomic E-state index is 5.54. The molecule has 1 saturated heterocycles. The Labute approximate surface area is 171 Å². The highest BCUT2D eigenvalue weighted by Gasteiger charge is 2.24. The minimum absolute atomic E-state index is 0.478. The van der Waals surface area contributed by atoms with E-state index < -0.39 is 0 Å². The van der Waals surface area contributed by atoms with Gasteiger partial charge in [0.25, 0.3) is 0 Å². The van der Waals surface area contributed by atoms with Crippen molar-refractivity contribution in [2.24, 2.45) is 0 Å². The Morgan fingerprint density at radius 1 is 0.931 bits per heavy atom. The number of hydrogen-bond acceptors (Lipinski definition) is 6. The van der Waals surface area contributed by atoms with Crippen molar-refractivity contribution in [3.05, 3.63) is 36.8 Å². The second-order valence-corrected chi connectivity index (χ2v) is 7.96. The van der Waals surface area contributed by atoms with E-state index in [1.165, 1.54) is 32.1 Å². The lowest BCUT2D eigenvalue weighted by atomic mass is 9.96. The van der Waals surface area contributed by atoms with E-state index in [2.05, 4.69) is 36.6 Å². The van der Waals surface area contributed by atoms with Crippen LogP contribution in [0.3, 0.4) is 0 Å². The summed E-state index contributed by atoms with van der Waals surface area (Å²) < 4.78 is 7.68. The first kappa shape index (κ1) is 18.2. The van der Waals surface area contributed by atoms with E-state index in [-0.39, 0.29) is 0 Å². The molecule has 1 aromatic carbocycles. The quantitative estimate of drug-likeness (QED) is 0.675. The van der Waals surface area contributed by atoms with Crippen LogP contribution in [0.5, 0.6) is 5.75 Å². The number of hydrogen-bond donors (Lipinski definition) is 0. The highest BCUT2D eigenvalue weighted by molar-refractivity contribution is 5.87. The molecular formula is C22H28N6O. The summed E-state index contributed by atoms with van der Waals surface area (Å²) in [6.45, 7) is 3.70. The van der Waals surface area contributed by atoms with Gasteiger partial charge in [-0.15, -0.1) is 0 Å². The van der Waals surface area contributed by atoms with E-state index in [9.17, 15) is 0 Å². The summed E-state index contributed by atoms with van der Waals surface area (Å²) in [6, 6.07) is 8.71. The number of ether oxygens (including phenoxy) is 1. The summed E-state index contributed by atoms with van der Waals surface area (Å²) in [5, 5.41) is 5.79. The van der Waals surface area contributed by atoms with Gasteiger partial charge in [0.05, 0.1) is 30.4 Å². The van der Waals surface area contributed by atoms with Crippen LogP contribution in [0.15, 0.2) is 36.8 Å². The van der Waals surface area contributed by atoms with E-state index in [0.717, 1.165) is 54.5 Å². The smallest absolute Gasteiger partial charge is 0.163 e. The summed E-state index contributed by atoms with van der Waals surface area (Å²) in [5.41, 5.74) is 2.14. The minimum Gasteiger partial charge on any atom is -0.495 e. The van der Waals surface area contributed by atoms with Gasteiger partial charge in [-0.05, 0) is 25.0 Å². The number of anilines is 2. The van der Waals surface area contributed by atoms with E-state index in [1.54, 1.807) is 13.4 Å². The third-order valence-corrected chi connectivity index (χ3v) is 6.30. The Morgan fingerprint density at radius 3 is 2.48 bits per heavy atom. The lowest BCUT2D eigenvalue weighted by molar-refractivity contribution is 0.336. The standard InChI is InChI=1S/C22H28N6O/c1-29-20-10-6-5-9-19(20)26-11-13-27(14-12-26)21-18-15-25-28(22(18)24-16-23-21)17-7-3-2-4-8-17/h5-6,9-10,15-17H,2-4,7-8,11-14H2,1H3. The van der Waals surface area contributed by atoms with E-state index in [4.69, 9.17) is 9.84 Å². The molecule has 3 heterocycles. The molecule has 0 N–H and O–H groups in total. The largest absolute Gasteiger partial charge is 0.495 e. The summed E-state index contributed by atoms with van der Waals surface area (Å²) in [7, 11) is 1.73. The van der Waals surface area contributed by atoms with Gasteiger partial charge < -0.3 is 14.5 Å². The number of methoxy groups -OCH3 is 1. The van der Waals surface area contributed by atoms with Gasteiger partial charge in [-0.2, -0.15) is 5.10 Å². The summed E-state index contributed by atoms with van der Waals surface area (Å²) in [5.74, 6) is 1.94. The van der Waals surface area contributed by atoms with Gasteiger partial charge in [-0.1, -0.05) is 31.4 Å². The zero-order valence-electron chi connectivity index (χ0n) is 17.0. The van der Waals surface area contributed by atoms with Crippen LogP contribution < -0.4 is 14.5 Å². The molecule has 1 aliphatic carbocycles. The Bertz CT molecular complexity index is 972. The molecule has 1 aliphatic heterocycles. The van der Waals surface area contributed by atoms with Crippen molar-refractivity contribution in [1.82, 2.24) is 19.7 Å². The topological polar surface area (TPSA) is 59.3 Å². The molecule has 2 aromatic heterocycles. The molecule has 1 saturated carbocycles. The van der Waals surface area contributed by atoms with Gasteiger partial charge in [0.15, 0.2) is 5.65 Å². The van der Waals surface area contributed by atoms with Crippen LogP contribution in [0.25, 0.3) is 11.0 Å². The van der Waals surface area contributed by atoms with Crippen molar-refractivity contribution < 1.29 is 4.74 Å². The molecular weight excluding hydrogens is 364 g/mol. The van der Waals surface area contributed by atoms with Gasteiger partial charge in [-0.3, -0.25) is 0 Å². The van der Waals surface area contributed by atoms with E-state index in [1.807, 2.05) is 18.3 Å². The monoisotopic (exact) mass is 392 g/mol. The van der Waals surface area contributed by atoms with Crippen molar-refractivity contribution in [3.8, 4) is 5.75 Å². The van der Waals surface area contributed by atoms with Gasteiger partial charge in [0, 0.05) is 26.2 Å². The number of nitrogens with zero attached hydrogens (tertiary/aromatic N) is 6. The van der Waals surface area contributed by atoms with Crippen molar-refractivity contribution in [2.75, 3.05) is 43.1 Å². The maximum Gasteiger partial charge on any atom is 0.163 e. The van der Waals surface area contributed by atoms with Gasteiger partial charge in [-0.25, -0.2) is 14.6 Å². The Kier molecular flexibility index (Phi) is 4.96. The number of aromatic nitrogens is 4. The average molecular weight is 393 g/mol. The second kappa shape index (κ2) is 7.89. The van der Waals surface area contributed by atoms with Crippen molar-refractivity contribution in [3.63, 3.8) is 0 Å². The molecule has 2 fully saturated rings. The molecule has 0 unspecified atom stereocenters. The molecule has 7 nitrogen and oxygen atoms in total. The van der Waals surface area contributed by atoms with Crippen LogP contribution in [0.4, 0.5) is 11.5 Å². The molecule has 29 heavy (non-hydrogen) atoms. The van der Waals surface area contributed by atoms with Gasteiger partial charge in [0.2, 0.25) is 0 Å². The first-order valence-corrected chi connectivity index (χ1v) is 10.7. The number of para-hydroxylation sites is 2. The molecule has 0 radical (unpaired) electrons. The zero-order valence-corrected chi connectivity index (χ0v) is 17.0. The number of piperazine rings is 1. The van der Waals surface area contributed by atoms with Crippen LogP contribution >= 0.6 is 0 Å². The van der Waals surface area contributed by atoms with Crippen LogP contribution in [0, 0.1) is 0 Å². The molecule has 2 aliphatic rings. The number of rotatable bonds is 4. The highest BCUT2D eigenvalue weighted by atomic mass is 16.5. The second-order valence-electron chi connectivity index (χ2n) is 7.96. The van der Waals surface area contributed by atoms with Crippen LogP contribution in [-0.2, 0) is 0 Å². The molecule has 0 spiro atoms. The fourth-order valence-electron chi connectivity index (χ4n) is 4.74. The molecule has 152 valence electrons. The number of fused-ring (bicyclic) bond motifs is 1. The third-order valence-electron chi connectivity index (χ3n) is 6.30. The Balaban J connectivity index is 1.36. The zero-order chi connectivity index (χ0) is 19.6. The minimum atomic E-state index is 0.478. The molecule has 5 rings (SSSR count). The van der Waals surface area contributed by atoms with Crippen LogP contribution in [0.2, 0.25) is 0 Å². The van der Waals surface area contributed by atoms with Crippen molar-refractivity contribution in [2.45, 2.75) is 38.1 Å². The predicted molar refractivity (Wildman–Crippen MR) is 115 cm³/mol. The molecule has 0 amide bonds. The Hall–Kier alpha value is -2.83. The third kappa shape index (κ3) is 3.39. The predicted octanol–water partition coefficient (Wildman–Crippen LogP) is 3.67. The highest BCUT2D eigenvalue weighted by Crippen LogP contribution is 2.33. The SMILES string of the molecule is COc1ccccc1N1CCN(c2ncnc3c2cnn3C2CCCCC2)CC1. The fourth-order valence-corrected chi connectivity index (χ4v) is 4.74. The fraction of sp³-hybridized carbons (Fsp3) is 0.500. The van der Waals surface area contributed by atoms with Crippen molar-refractivity contribution in [1.29, 1.82) is 0 Å². The average Bonchev–Trinajstić information content (AvgIpc) is 3.24. The normalized spacial score (nSPS) is 18.4. The van der Waals surface area contributed by atoms with Gasteiger partial charge >= 0.3 is 0 Å². The summed E-state index contributed by atoms with van der Waals surface area (Å²) in [6.07, 6.45) is 9.98.